The average molecular weight is 366 g/mol. The van der Waals surface area contributed by atoms with E-state index in [1.54, 1.807) is 0 Å². The molecule has 1 aromatic rings. The Morgan fingerprint density at radius 1 is 1.41 bits per heavy atom. The van der Waals surface area contributed by atoms with Crippen LogP contribution in [0.4, 0.5) is 11.4 Å². The molecule has 1 aromatic carbocycles. The second-order valence-corrected chi connectivity index (χ2v) is 7.73. The fourth-order valence-corrected chi connectivity index (χ4v) is 4.34. The molecule has 0 bridgehead atoms. The first-order chi connectivity index (χ1) is 7.96. The standard InChI is InChI=1S/C11H15IN2O2S/c12-10-6-8(13)3-4-11(10)14-9-2-1-5-17(15,16)7-9/h3-4,6,9,14H,1-2,5,7,13H2. The minimum Gasteiger partial charge on any atom is -0.399 e. The van der Waals surface area contributed by atoms with Crippen LogP contribution in [0.3, 0.4) is 0 Å². The summed E-state index contributed by atoms with van der Waals surface area (Å²) in [5.41, 5.74) is 7.35. The van der Waals surface area contributed by atoms with Gasteiger partial charge in [-0.1, -0.05) is 0 Å². The predicted octanol–water partition coefficient (Wildman–Crippen LogP) is 1.86. The minimum absolute atomic E-state index is 0.0193. The number of hydrogen-bond acceptors (Lipinski definition) is 4. The molecule has 2 rings (SSSR count). The summed E-state index contributed by atoms with van der Waals surface area (Å²) in [6, 6.07) is 5.62. The Hall–Kier alpha value is -0.500. The van der Waals surface area contributed by atoms with Crippen molar-refractivity contribution < 1.29 is 8.42 Å². The molecule has 0 aromatic heterocycles. The van der Waals surface area contributed by atoms with Crippen LogP contribution in [-0.2, 0) is 9.84 Å². The van der Waals surface area contributed by atoms with Crippen molar-refractivity contribution in [2.75, 3.05) is 22.6 Å². The van der Waals surface area contributed by atoms with Crippen molar-refractivity contribution in [3.05, 3.63) is 21.8 Å². The third kappa shape index (κ3) is 3.48. The van der Waals surface area contributed by atoms with Gasteiger partial charge >= 0.3 is 0 Å². The number of sulfone groups is 1. The lowest BCUT2D eigenvalue weighted by Gasteiger charge is -2.24. The highest BCUT2D eigenvalue weighted by Gasteiger charge is 2.24. The van der Waals surface area contributed by atoms with E-state index in [2.05, 4.69) is 27.9 Å². The molecule has 1 unspecified atom stereocenters. The van der Waals surface area contributed by atoms with E-state index in [9.17, 15) is 8.42 Å². The maximum absolute atomic E-state index is 11.5. The number of hydrogen-bond donors (Lipinski definition) is 2. The quantitative estimate of drug-likeness (QED) is 0.619. The molecular weight excluding hydrogens is 351 g/mol. The summed E-state index contributed by atoms with van der Waals surface area (Å²) < 4.78 is 24.1. The number of rotatable bonds is 2. The molecule has 1 aliphatic rings. The summed E-state index contributed by atoms with van der Waals surface area (Å²) in [5.74, 6) is 0.553. The van der Waals surface area contributed by atoms with Crippen LogP contribution in [0.15, 0.2) is 18.2 Å². The predicted molar refractivity (Wildman–Crippen MR) is 78.9 cm³/mol. The summed E-state index contributed by atoms with van der Waals surface area (Å²) in [6.07, 6.45) is 1.64. The fourth-order valence-electron chi connectivity index (χ4n) is 2.01. The second kappa shape index (κ2) is 5.01. The van der Waals surface area contributed by atoms with Gasteiger partial charge in [-0.15, -0.1) is 0 Å². The van der Waals surface area contributed by atoms with Gasteiger partial charge in [0.2, 0.25) is 0 Å². The second-order valence-electron chi connectivity index (χ2n) is 4.34. The summed E-state index contributed by atoms with van der Waals surface area (Å²) in [5, 5.41) is 3.29. The van der Waals surface area contributed by atoms with Crippen molar-refractivity contribution >= 4 is 43.8 Å². The molecule has 94 valence electrons. The lowest BCUT2D eigenvalue weighted by Crippen LogP contribution is -2.35. The maximum Gasteiger partial charge on any atom is 0.152 e. The molecule has 4 nitrogen and oxygen atoms in total. The summed E-state index contributed by atoms with van der Waals surface area (Å²) in [7, 11) is -2.86. The van der Waals surface area contributed by atoms with Gasteiger partial charge in [-0.05, 0) is 53.6 Å². The molecule has 0 amide bonds. The zero-order chi connectivity index (χ0) is 12.5. The molecule has 1 fully saturated rings. The Labute approximate surface area is 115 Å². The van der Waals surface area contributed by atoms with Crippen LogP contribution in [0, 0.1) is 3.57 Å². The van der Waals surface area contributed by atoms with Crippen LogP contribution in [0.1, 0.15) is 12.8 Å². The molecular formula is C11H15IN2O2S. The molecule has 0 spiro atoms. The monoisotopic (exact) mass is 366 g/mol. The van der Waals surface area contributed by atoms with Gasteiger partial charge in [-0.25, -0.2) is 8.42 Å². The zero-order valence-corrected chi connectivity index (χ0v) is 12.3. The van der Waals surface area contributed by atoms with E-state index < -0.39 is 9.84 Å². The lowest BCUT2D eigenvalue weighted by molar-refractivity contribution is 0.562. The Balaban J connectivity index is 2.10. The highest BCUT2D eigenvalue weighted by atomic mass is 127. The van der Waals surface area contributed by atoms with Crippen LogP contribution in [-0.4, -0.2) is 26.0 Å². The van der Waals surface area contributed by atoms with Crippen LogP contribution in [0.5, 0.6) is 0 Å². The van der Waals surface area contributed by atoms with Crippen molar-refractivity contribution in [1.82, 2.24) is 0 Å². The van der Waals surface area contributed by atoms with E-state index in [0.717, 1.165) is 27.8 Å². The molecule has 3 N–H and O–H groups in total. The first kappa shape index (κ1) is 12.9. The number of nitrogens with one attached hydrogen (secondary N) is 1. The zero-order valence-electron chi connectivity index (χ0n) is 9.32. The Bertz CT molecular complexity index is 516. The van der Waals surface area contributed by atoms with Gasteiger partial charge in [0.05, 0.1) is 11.5 Å². The van der Waals surface area contributed by atoms with Gasteiger partial charge in [0, 0.05) is 21.0 Å². The molecule has 1 aliphatic heterocycles. The third-order valence-corrected chi connectivity index (χ3v) is 5.53. The molecule has 0 radical (unpaired) electrons. The molecule has 6 heteroatoms. The van der Waals surface area contributed by atoms with Crippen molar-refractivity contribution in [2.24, 2.45) is 0 Å². The minimum atomic E-state index is -2.86. The Morgan fingerprint density at radius 3 is 2.82 bits per heavy atom. The van der Waals surface area contributed by atoms with Crippen molar-refractivity contribution in [1.29, 1.82) is 0 Å². The van der Waals surface area contributed by atoms with Gasteiger partial charge in [-0.3, -0.25) is 0 Å². The van der Waals surface area contributed by atoms with Gasteiger partial charge < -0.3 is 11.1 Å². The number of anilines is 2. The smallest absolute Gasteiger partial charge is 0.152 e. The number of benzene rings is 1. The normalized spacial score (nSPS) is 23.2. The fraction of sp³-hybridized carbons (Fsp3) is 0.455. The first-order valence-electron chi connectivity index (χ1n) is 5.48. The van der Waals surface area contributed by atoms with Crippen molar-refractivity contribution in [3.63, 3.8) is 0 Å². The molecule has 0 aliphatic carbocycles. The van der Waals surface area contributed by atoms with E-state index >= 15 is 0 Å². The van der Waals surface area contributed by atoms with Crippen LogP contribution in [0.25, 0.3) is 0 Å². The number of halogens is 1. The Kier molecular flexibility index (Phi) is 3.82. The molecule has 1 heterocycles. The molecule has 17 heavy (non-hydrogen) atoms. The van der Waals surface area contributed by atoms with Crippen LogP contribution < -0.4 is 11.1 Å². The van der Waals surface area contributed by atoms with Crippen molar-refractivity contribution in [2.45, 2.75) is 18.9 Å². The lowest BCUT2D eigenvalue weighted by atomic mass is 10.1. The largest absolute Gasteiger partial charge is 0.399 e. The van der Waals surface area contributed by atoms with E-state index in [-0.39, 0.29) is 11.8 Å². The molecule has 0 saturated carbocycles. The topological polar surface area (TPSA) is 72.2 Å². The van der Waals surface area contributed by atoms with Crippen LogP contribution in [0.2, 0.25) is 0 Å². The van der Waals surface area contributed by atoms with Gasteiger partial charge in [0.15, 0.2) is 9.84 Å². The Morgan fingerprint density at radius 2 is 2.18 bits per heavy atom. The van der Waals surface area contributed by atoms with E-state index in [1.807, 2.05) is 18.2 Å². The van der Waals surface area contributed by atoms with Gasteiger partial charge in [0.25, 0.3) is 0 Å². The highest BCUT2D eigenvalue weighted by molar-refractivity contribution is 14.1. The van der Waals surface area contributed by atoms with Gasteiger partial charge in [0.1, 0.15) is 0 Å². The SMILES string of the molecule is Nc1ccc(NC2CCCS(=O)(=O)C2)c(I)c1. The highest BCUT2D eigenvalue weighted by Crippen LogP contribution is 2.24. The maximum atomic E-state index is 11.5. The molecule has 1 atom stereocenters. The average Bonchev–Trinajstić information content (AvgIpc) is 2.21. The third-order valence-electron chi connectivity index (χ3n) is 2.82. The summed E-state index contributed by atoms with van der Waals surface area (Å²) in [6.45, 7) is 0. The number of nitrogen functional groups attached to an aromatic ring is 1. The van der Waals surface area contributed by atoms with E-state index in [4.69, 9.17) is 5.73 Å². The van der Waals surface area contributed by atoms with Crippen LogP contribution >= 0.6 is 22.6 Å². The van der Waals surface area contributed by atoms with E-state index in [1.165, 1.54) is 0 Å². The summed E-state index contributed by atoms with van der Waals surface area (Å²) in [4.78, 5) is 0. The summed E-state index contributed by atoms with van der Waals surface area (Å²) >= 11 is 2.20. The molecule has 1 saturated heterocycles. The van der Waals surface area contributed by atoms with E-state index in [0.29, 0.717) is 5.75 Å². The van der Waals surface area contributed by atoms with Crippen molar-refractivity contribution in [3.8, 4) is 0 Å². The first-order valence-corrected chi connectivity index (χ1v) is 8.38. The number of nitrogens with two attached hydrogens (primary N) is 1. The van der Waals surface area contributed by atoms with Gasteiger partial charge in [-0.2, -0.15) is 0 Å².